The van der Waals surface area contributed by atoms with Crippen LogP contribution in [0.15, 0.2) is 48.5 Å². The minimum atomic E-state index is -0.260. The Labute approximate surface area is 162 Å². The third-order valence-electron chi connectivity index (χ3n) is 5.40. The van der Waals surface area contributed by atoms with E-state index >= 15 is 0 Å². The van der Waals surface area contributed by atoms with Crippen molar-refractivity contribution in [2.24, 2.45) is 5.92 Å². The van der Waals surface area contributed by atoms with Gasteiger partial charge in [-0.3, -0.25) is 10.1 Å². The van der Waals surface area contributed by atoms with Crippen LogP contribution in [0, 0.1) is 12.8 Å². The van der Waals surface area contributed by atoms with Crippen LogP contribution >= 0.6 is 0 Å². The van der Waals surface area contributed by atoms with Gasteiger partial charge in [-0.1, -0.05) is 36.4 Å². The number of carbonyl (C=O) groups is 1. The fraction of sp³-hybridized carbons (Fsp3) is 0.435. The van der Waals surface area contributed by atoms with E-state index in [1.54, 1.807) is 7.11 Å². The molecule has 1 aliphatic rings. The molecule has 1 fully saturated rings. The van der Waals surface area contributed by atoms with Crippen molar-refractivity contribution in [2.45, 2.75) is 51.7 Å². The van der Waals surface area contributed by atoms with Gasteiger partial charge in [-0.05, 0) is 68.4 Å². The van der Waals surface area contributed by atoms with Gasteiger partial charge in [0.05, 0.1) is 19.2 Å². The summed E-state index contributed by atoms with van der Waals surface area (Å²) in [5, 5.41) is 6.70. The van der Waals surface area contributed by atoms with Crippen molar-refractivity contribution in [3.63, 3.8) is 0 Å². The van der Waals surface area contributed by atoms with Gasteiger partial charge in [0, 0.05) is 6.04 Å². The van der Waals surface area contributed by atoms with E-state index in [0.29, 0.717) is 5.92 Å². The lowest BCUT2D eigenvalue weighted by Crippen LogP contribution is -2.45. The molecule has 1 amide bonds. The molecule has 2 N–H and O–H groups in total. The first-order valence-corrected chi connectivity index (χ1v) is 9.75. The summed E-state index contributed by atoms with van der Waals surface area (Å²) in [5.74, 6) is 1.48. The third-order valence-corrected chi connectivity index (χ3v) is 5.40. The van der Waals surface area contributed by atoms with Crippen LogP contribution in [0.5, 0.6) is 5.75 Å². The number of amides is 1. The first-order chi connectivity index (χ1) is 13.0. The molecule has 0 bridgehead atoms. The van der Waals surface area contributed by atoms with Gasteiger partial charge in [-0.2, -0.15) is 0 Å². The predicted octanol–water partition coefficient (Wildman–Crippen LogP) is 4.31. The van der Waals surface area contributed by atoms with Gasteiger partial charge < -0.3 is 10.1 Å². The number of methoxy groups -OCH3 is 1. The van der Waals surface area contributed by atoms with Crippen LogP contribution in [0.25, 0.3) is 0 Å². The highest BCUT2D eigenvalue weighted by Crippen LogP contribution is 2.41. The van der Waals surface area contributed by atoms with Crippen molar-refractivity contribution in [2.75, 3.05) is 7.11 Å². The second-order valence-electron chi connectivity index (χ2n) is 7.56. The fourth-order valence-corrected chi connectivity index (χ4v) is 3.58. The van der Waals surface area contributed by atoms with E-state index < -0.39 is 0 Å². The molecule has 2 aromatic rings. The van der Waals surface area contributed by atoms with E-state index in [4.69, 9.17) is 4.74 Å². The maximum atomic E-state index is 12.8. The van der Waals surface area contributed by atoms with Crippen LogP contribution in [0.4, 0.5) is 0 Å². The zero-order valence-corrected chi connectivity index (χ0v) is 16.7. The van der Waals surface area contributed by atoms with Crippen LogP contribution < -0.4 is 15.4 Å². The van der Waals surface area contributed by atoms with Crippen molar-refractivity contribution < 1.29 is 9.53 Å². The van der Waals surface area contributed by atoms with E-state index in [1.165, 1.54) is 24.0 Å². The van der Waals surface area contributed by atoms with Crippen molar-refractivity contribution in [1.82, 2.24) is 10.6 Å². The van der Waals surface area contributed by atoms with E-state index in [0.717, 1.165) is 11.3 Å². The van der Waals surface area contributed by atoms with Gasteiger partial charge in [0.2, 0.25) is 5.91 Å². The number of ether oxygens (including phenoxy) is 1. The molecule has 1 saturated carbocycles. The number of hydrogen-bond acceptors (Lipinski definition) is 3. The van der Waals surface area contributed by atoms with E-state index in [9.17, 15) is 4.79 Å². The van der Waals surface area contributed by atoms with Crippen molar-refractivity contribution in [3.8, 4) is 5.75 Å². The number of carbonyl (C=O) groups excluding carboxylic acids is 1. The molecule has 27 heavy (non-hydrogen) atoms. The SMILES string of the molecule is COc1ccc(C(NC(C)C(=O)NC(C)c2ccccc2C)C2CC2)cc1. The van der Waals surface area contributed by atoms with E-state index in [2.05, 4.69) is 41.8 Å². The Morgan fingerprint density at radius 1 is 1.07 bits per heavy atom. The zero-order valence-electron chi connectivity index (χ0n) is 16.7. The summed E-state index contributed by atoms with van der Waals surface area (Å²) < 4.78 is 5.26. The topological polar surface area (TPSA) is 50.4 Å². The fourth-order valence-electron chi connectivity index (χ4n) is 3.58. The Hall–Kier alpha value is -2.33. The van der Waals surface area contributed by atoms with E-state index in [-0.39, 0.29) is 24.0 Å². The number of hydrogen-bond donors (Lipinski definition) is 2. The molecule has 0 aromatic heterocycles. The highest BCUT2D eigenvalue weighted by atomic mass is 16.5. The van der Waals surface area contributed by atoms with Crippen molar-refractivity contribution in [1.29, 1.82) is 0 Å². The lowest BCUT2D eigenvalue weighted by molar-refractivity contribution is -0.123. The quantitative estimate of drug-likeness (QED) is 0.732. The van der Waals surface area contributed by atoms with Crippen LogP contribution in [-0.4, -0.2) is 19.1 Å². The molecular weight excluding hydrogens is 336 g/mol. The number of rotatable bonds is 8. The largest absolute Gasteiger partial charge is 0.497 e. The summed E-state index contributed by atoms with van der Waals surface area (Å²) in [6, 6.07) is 16.3. The lowest BCUT2D eigenvalue weighted by atomic mass is 10.0. The molecule has 144 valence electrons. The Morgan fingerprint density at radius 3 is 2.33 bits per heavy atom. The zero-order chi connectivity index (χ0) is 19.4. The van der Waals surface area contributed by atoms with Gasteiger partial charge in [-0.25, -0.2) is 0 Å². The Morgan fingerprint density at radius 2 is 1.74 bits per heavy atom. The smallest absolute Gasteiger partial charge is 0.237 e. The highest BCUT2D eigenvalue weighted by Gasteiger charge is 2.34. The van der Waals surface area contributed by atoms with Crippen LogP contribution in [-0.2, 0) is 4.79 Å². The highest BCUT2D eigenvalue weighted by molar-refractivity contribution is 5.81. The summed E-state index contributed by atoms with van der Waals surface area (Å²) in [4.78, 5) is 12.8. The maximum Gasteiger partial charge on any atom is 0.237 e. The predicted molar refractivity (Wildman–Crippen MR) is 109 cm³/mol. The molecular formula is C23H30N2O2. The lowest BCUT2D eigenvalue weighted by Gasteiger charge is -2.25. The molecule has 1 aliphatic carbocycles. The average Bonchev–Trinajstić information content (AvgIpc) is 3.51. The molecule has 0 spiro atoms. The van der Waals surface area contributed by atoms with E-state index in [1.807, 2.05) is 38.1 Å². The summed E-state index contributed by atoms with van der Waals surface area (Å²) in [6.45, 7) is 6.06. The Bertz CT molecular complexity index is 768. The number of benzene rings is 2. The molecule has 0 radical (unpaired) electrons. The molecule has 3 unspecified atom stereocenters. The summed E-state index contributed by atoms with van der Waals surface area (Å²) in [6.07, 6.45) is 2.41. The monoisotopic (exact) mass is 366 g/mol. The molecule has 2 aromatic carbocycles. The Kier molecular flexibility index (Phi) is 6.17. The molecule has 3 rings (SSSR count). The van der Waals surface area contributed by atoms with Crippen molar-refractivity contribution in [3.05, 3.63) is 65.2 Å². The second kappa shape index (κ2) is 8.57. The standard InChI is InChI=1S/C23H30N2O2/c1-15-7-5-6-8-21(15)16(2)25-23(26)17(3)24-22(18-9-10-18)19-11-13-20(27-4)14-12-19/h5-8,11-14,16-18,22,24H,9-10H2,1-4H3,(H,25,26). The van der Waals surface area contributed by atoms with Gasteiger partial charge >= 0.3 is 0 Å². The molecule has 3 atom stereocenters. The number of aryl methyl sites for hydroxylation is 1. The first kappa shape index (κ1) is 19.4. The molecule has 0 aliphatic heterocycles. The van der Waals surface area contributed by atoms with Crippen LogP contribution in [0.1, 0.15) is 55.5 Å². The van der Waals surface area contributed by atoms with Gasteiger partial charge in [0.1, 0.15) is 5.75 Å². The maximum absolute atomic E-state index is 12.8. The minimum Gasteiger partial charge on any atom is -0.497 e. The average molecular weight is 367 g/mol. The van der Waals surface area contributed by atoms with Gasteiger partial charge in [0.15, 0.2) is 0 Å². The molecule has 4 heteroatoms. The van der Waals surface area contributed by atoms with Gasteiger partial charge in [-0.15, -0.1) is 0 Å². The normalized spacial score (nSPS) is 17.0. The number of nitrogens with one attached hydrogen (secondary N) is 2. The minimum absolute atomic E-state index is 0.0108. The van der Waals surface area contributed by atoms with Crippen LogP contribution in [0.3, 0.4) is 0 Å². The third kappa shape index (κ3) is 4.89. The van der Waals surface area contributed by atoms with Crippen molar-refractivity contribution >= 4 is 5.91 Å². The second-order valence-corrected chi connectivity index (χ2v) is 7.56. The summed E-state index contributed by atoms with van der Waals surface area (Å²) in [5.41, 5.74) is 3.57. The molecule has 0 saturated heterocycles. The van der Waals surface area contributed by atoms with Crippen LogP contribution in [0.2, 0.25) is 0 Å². The van der Waals surface area contributed by atoms with Gasteiger partial charge in [0.25, 0.3) is 0 Å². The molecule has 4 nitrogen and oxygen atoms in total. The summed E-state index contributed by atoms with van der Waals surface area (Å²) >= 11 is 0. The summed E-state index contributed by atoms with van der Waals surface area (Å²) in [7, 11) is 1.67. The first-order valence-electron chi connectivity index (χ1n) is 9.75. The Balaban J connectivity index is 1.64. The molecule has 0 heterocycles.